The molecule has 0 radical (unpaired) electrons. The molecule has 128 valence electrons. The van der Waals surface area contributed by atoms with Gasteiger partial charge in [0, 0.05) is 23.9 Å². The molecular weight excluding hydrogens is 301 g/mol. The number of aliphatic hydroxyl groups excluding tert-OH is 2. The maximum Gasteiger partial charge on any atom is 0.249 e. The Labute approximate surface area is 135 Å². The van der Waals surface area contributed by atoms with Crippen molar-refractivity contribution in [2.45, 2.75) is 33.3 Å². The molecule has 2 atom stereocenters. The number of benzene rings is 1. The molecule has 0 aromatic heterocycles. The Morgan fingerprint density at radius 1 is 1.35 bits per heavy atom. The van der Waals surface area contributed by atoms with Gasteiger partial charge in [-0.05, 0) is 18.1 Å². The van der Waals surface area contributed by atoms with Crippen molar-refractivity contribution < 1.29 is 24.2 Å². The first-order chi connectivity index (χ1) is 10.7. The molecule has 0 aliphatic rings. The summed E-state index contributed by atoms with van der Waals surface area (Å²) in [4.78, 5) is 23.9. The summed E-state index contributed by atoms with van der Waals surface area (Å²) in [5.74, 6) is -1.43. The van der Waals surface area contributed by atoms with Crippen molar-refractivity contribution >= 4 is 11.7 Å². The molecule has 5 nitrogen and oxygen atoms in total. The second kappa shape index (κ2) is 8.17. The lowest BCUT2D eigenvalue weighted by Gasteiger charge is -2.27. The summed E-state index contributed by atoms with van der Waals surface area (Å²) in [5, 5.41) is 21.6. The predicted octanol–water partition coefficient (Wildman–Crippen LogP) is 1.53. The lowest BCUT2D eigenvalue weighted by molar-refractivity contribution is -0.137. The van der Waals surface area contributed by atoms with Crippen molar-refractivity contribution in [2.75, 3.05) is 13.2 Å². The lowest BCUT2D eigenvalue weighted by Crippen LogP contribution is -2.46. The van der Waals surface area contributed by atoms with Gasteiger partial charge in [0.05, 0.1) is 6.61 Å². The van der Waals surface area contributed by atoms with Crippen LogP contribution < -0.4 is 5.32 Å². The fraction of sp³-hybridized carbons (Fsp3) is 0.529. The van der Waals surface area contributed by atoms with Crippen molar-refractivity contribution in [3.05, 3.63) is 35.6 Å². The third-order valence-corrected chi connectivity index (χ3v) is 3.70. The second-order valence-corrected chi connectivity index (χ2v) is 6.54. The van der Waals surface area contributed by atoms with Gasteiger partial charge in [-0.2, -0.15) is 0 Å². The van der Waals surface area contributed by atoms with Crippen LogP contribution in [0.25, 0.3) is 0 Å². The summed E-state index contributed by atoms with van der Waals surface area (Å²) in [7, 11) is 0. The minimum Gasteiger partial charge on any atom is -0.396 e. The predicted molar refractivity (Wildman–Crippen MR) is 84.4 cm³/mol. The molecular formula is C17H24FNO4. The molecule has 0 fully saturated rings. The van der Waals surface area contributed by atoms with Gasteiger partial charge >= 0.3 is 0 Å². The number of rotatable bonds is 8. The number of hydrogen-bond acceptors (Lipinski definition) is 4. The number of nitrogens with one attached hydrogen (secondary N) is 1. The average Bonchev–Trinajstić information content (AvgIpc) is 2.51. The zero-order valence-corrected chi connectivity index (χ0v) is 13.7. The topological polar surface area (TPSA) is 86.6 Å². The van der Waals surface area contributed by atoms with Crippen LogP contribution in [0.4, 0.5) is 4.39 Å². The molecule has 0 saturated carbocycles. The summed E-state index contributed by atoms with van der Waals surface area (Å²) in [6.45, 7) is 4.82. The highest BCUT2D eigenvalue weighted by Crippen LogP contribution is 2.19. The van der Waals surface area contributed by atoms with E-state index in [1.165, 1.54) is 18.2 Å². The maximum absolute atomic E-state index is 13.1. The van der Waals surface area contributed by atoms with E-state index in [-0.39, 0.29) is 31.3 Å². The first-order valence-electron chi connectivity index (χ1n) is 7.52. The van der Waals surface area contributed by atoms with Gasteiger partial charge in [0.15, 0.2) is 5.78 Å². The highest BCUT2D eigenvalue weighted by Gasteiger charge is 2.32. The van der Waals surface area contributed by atoms with Gasteiger partial charge in [0.2, 0.25) is 5.91 Å². The van der Waals surface area contributed by atoms with Crippen LogP contribution in [0.5, 0.6) is 0 Å². The zero-order valence-electron chi connectivity index (χ0n) is 13.7. The number of carbonyl (C=O) groups excluding carboxylic acids is 2. The van der Waals surface area contributed by atoms with E-state index in [1.54, 1.807) is 26.8 Å². The van der Waals surface area contributed by atoms with E-state index >= 15 is 0 Å². The minimum absolute atomic E-state index is 0.156. The van der Waals surface area contributed by atoms with Gasteiger partial charge in [0.25, 0.3) is 0 Å². The quantitative estimate of drug-likeness (QED) is 0.633. The van der Waals surface area contributed by atoms with Crippen molar-refractivity contribution in [1.29, 1.82) is 0 Å². The first-order valence-corrected chi connectivity index (χ1v) is 7.52. The molecule has 0 heterocycles. The van der Waals surface area contributed by atoms with Crippen LogP contribution in [0.3, 0.4) is 0 Å². The molecule has 0 saturated heterocycles. The molecule has 0 spiro atoms. The summed E-state index contributed by atoms with van der Waals surface area (Å²) in [6, 6.07) is 5.47. The van der Waals surface area contributed by atoms with Gasteiger partial charge in [-0.1, -0.05) is 32.9 Å². The third kappa shape index (κ3) is 5.73. The van der Waals surface area contributed by atoms with E-state index < -0.39 is 23.2 Å². The standard InChI is InChI=1S/C17H24FNO4/c1-11(7-14(21)12-5-4-6-13(18)8-12)9-19-16(23)15(22)17(2,3)10-20/h4-6,8,11,15,20,22H,7,9-10H2,1-3H3,(H,19,23)/t11-,15+/m1/s1. The Morgan fingerprint density at radius 2 is 2.00 bits per heavy atom. The molecule has 6 heteroatoms. The smallest absolute Gasteiger partial charge is 0.249 e. The van der Waals surface area contributed by atoms with Crippen LogP contribution in [-0.4, -0.2) is 41.2 Å². The van der Waals surface area contributed by atoms with Crippen LogP contribution in [0, 0.1) is 17.2 Å². The van der Waals surface area contributed by atoms with E-state index in [4.69, 9.17) is 5.11 Å². The Bertz CT molecular complexity index is 559. The second-order valence-electron chi connectivity index (χ2n) is 6.54. The summed E-state index contributed by atoms with van der Waals surface area (Å²) >= 11 is 0. The lowest BCUT2D eigenvalue weighted by atomic mass is 9.87. The van der Waals surface area contributed by atoms with Crippen LogP contribution in [0.1, 0.15) is 37.6 Å². The number of halogens is 1. The molecule has 23 heavy (non-hydrogen) atoms. The van der Waals surface area contributed by atoms with Crippen molar-refractivity contribution in [2.24, 2.45) is 11.3 Å². The van der Waals surface area contributed by atoms with E-state index in [9.17, 15) is 19.1 Å². The molecule has 1 rings (SSSR count). The SMILES string of the molecule is C[C@@H](CNC(=O)[C@H](O)C(C)(C)CO)CC(=O)c1cccc(F)c1. The summed E-state index contributed by atoms with van der Waals surface area (Å²) in [6.07, 6.45) is -1.18. The zero-order chi connectivity index (χ0) is 17.6. The van der Waals surface area contributed by atoms with Crippen molar-refractivity contribution in [3.63, 3.8) is 0 Å². The Hall–Kier alpha value is -1.79. The number of aliphatic hydroxyl groups is 2. The maximum atomic E-state index is 13.1. The van der Waals surface area contributed by atoms with Crippen LogP contribution in [-0.2, 0) is 4.79 Å². The molecule has 1 aromatic rings. The van der Waals surface area contributed by atoms with Crippen LogP contribution >= 0.6 is 0 Å². The van der Waals surface area contributed by atoms with Crippen LogP contribution in [0.2, 0.25) is 0 Å². The third-order valence-electron chi connectivity index (χ3n) is 3.70. The van der Waals surface area contributed by atoms with E-state index in [2.05, 4.69) is 5.32 Å². The Kier molecular flexibility index (Phi) is 6.84. The summed E-state index contributed by atoms with van der Waals surface area (Å²) in [5.41, 5.74) is -0.644. The van der Waals surface area contributed by atoms with Gasteiger partial charge in [0.1, 0.15) is 11.9 Å². The minimum atomic E-state index is -1.33. The fourth-order valence-corrected chi connectivity index (χ4v) is 1.98. The average molecular weight is 325 g/mol. The monoisotopic (exact) mass is 325 g/mol. The van der Waals surface area contributed by atoms with Crippen LogP contribution in [0.15, 0.2) is 24.3 Å². The van der Waals surface area contributed by atoms with Gasteiger partial charge in [-0.15, -0.1) is 0 Å². The number of hydrogen-bond donors (Lipinski definition) is 3. The molecule has 0 unspecified atom stereocenters. The molecule has 1 amide bonds. The molecule has 0 aliphatic heterocycles. The molecule has 1 aromatic carbocycles. The van der Waals surface area contributed by atoms with Crippen molar-refractivity contribution in [1.82, 2.24) is 5.32 Å². The van der Waals surface area contributed by atoms with E-state index in [0.29, 0.717) is 5.56 Å². The summed E-state index contributed by atoms with van der Waals surface area (Å²) < 4.78 is 13.1. The Balaban J connectivity index is 2.49. The molecule has 3 N–H and O–H groups in total. The van der Waals surface area contributed by atoms with E-state index in [0.717, 1.165) is 0 Å². The van der Waals surface area contributed by atoms with Gasteiger partial charge in [-0.25, -0.2) is 4.39 Å². The normalized spacial score (nSPS) is 14.2. The highest BCUT2D eigenvalue weighted by molar-refractivity contribution is 5.96. The molecule has 0 bridgehead atoms. The number of ketones is 1. The number of Topliss-reactive ketones (excluding diaryl/α,β-unsaturated/α-hetero) is 1. The van der Waals surface area contributed by atoms with E-state index in [1.807, 2.05) is 0 Å². The number of carbonyl (C=O) groups is 2. The molecule has 0 aliphatic carbocycles. The highest BCUT2D eigenvalue weighted by atomic mass is 19.1. The Morgan fingerprint density at radius 3 is 2.57 bits per heavy atom. The van der Waals surface area contributed by atoms with Crippen molar-refractivity contribution in [3.8, 4) is 0 Å². The largest absolute Gasteiger partial charge is 0.396 e. The number of amides is 1. The first kappa shape index (κ1) is 19.3. The van der Waals surface area contributed by atoms with Gasteiger partial charge in [-0.3, -0.25) is 9.59 Å². The van der Waals surface area contributed by atoms with Gasteiger partial charge < -0.3 is 15.5 Å². The fourth-order valence-electron chi connectivity index (χ4n) is 1.98.